The maximum absolute atomic E-state index is 12.0. The van der Waals surface area contributed by atoms with Gasteiger partial charge in [-0.2, -0.15) is 0 Å². The van der Waals surface area contributed by atoms with Crippen LogP contribution in [0.1, 0.15) is 16.1 Å². The predicted molar refractivity (Wildman–Crippen MR) is 108 cm³/mol. The smallest absolute Gasteiger partial charge is 0.287 e. The Balaban J connectivity index is 1.53. The zero-order chi connectivity index (χ0) is 19.9. The average Bonchev–Trinajstić information content (AvgIpc) is 3.18. The molecule has 3 rings (SSSR count). The SMILES string of the molecule is C=CCOn1cc(C(=O)NNCc2ccc(-c3cc(Cl)ccc3Cl)cc2)nn1. The highest BCUT2D eigenvalue weighted by Crippen LogP contribution is 2.30. The number of aromatic nitrogens is 3. The summed E-state index contributed by atoms with van der Waals surface area (Å²) in [6, 6.07) is 13.1. The second-order valence-corrected chi connectivity index (χ2v) is 6.56. The van der Waals surface area contributed by atoms with Gasteiger partial charge in [-0.15, -0.1) is 5.10 Å². The van der Waals surface area contributed by atoms with Crippen LogP contribution in [-0.2, 0) is 6.54 Å². The van der Waals surface area contributed by atoms with Crippen molar-refractivity contribution in [2.75, 3.05) is 6.61 Å². The van der Waals surface area contributed by atoms with Gasteiger partial charge in [0.15, 0.2) is 5.69 Å². The molecule has 1 heterocycles. The lowest BCUT2D eigenvalue weighted by molar-refractivity contribution is 0.0921. The van der Waals surface area contributed by atoms with E-state index < -0.39 is 5.91 Å². The van der Waals surface area contributed by atoms with E-state index in [0.29, 0.717) is 16.6 Å². The quantitative estimate of drug-likeness (QED) is 0.434. The number of hydrazine groups is 1. The van der Waals surface area contributed by atoms with Crippen molar-refractivity contribution in [3.8, 4) is 11.1 Å². The zero-order valence-electron chi connectivity index (χ0n) is 14.7. The molecule has 0 saturated heterocycles. The minimum absolute atomic E-state index is 0.127. The number of halogens is 2. The van der Waals surface area contributed by atoms with Gasteiger partial charge in [-0.05, 0) is 34.5 Å². The molecule has 1 amide bonds. The van der Waals surface area contributed by atoms with Crippen molar-refractivity contribution in [2.45, 2.75) is 6.54 Å². The fourth-order valence-electron chi connectivity index (χ4n) is 2.36. The van der Waals surface area contributed by atoms with E-state index in [2.05, 4.69) is 27.7 Å². The maximum Gasteiger partial charge on any atom is 0.287 e. The molecule has 2 aromatic carbocycles. The molecule has 0 aliphatic heterocycles. The second kappa shape index (κ2) is 9.36. The number of amides is 1. The van der Waals surface area contributed by atoms with Gasteiger partial charge >= 0.3 is 0 Å². The van der Waals surface area contributed by atoms with Crippen molar-refractivity contribution < 1.29 is 9.63 Å². The number of rotatable bonds is 8. The number of nitrogens with one attached hydrogen (secondary N) is 2. The molecule has 0 aliphatic rings. The largest absolute Gasteiger partial charge is 0.391 e. The van der Waals surface area contributed by atoms with Gasteiger partial charge in [0.1, 0.15) is 12.8 Å². The van der Waals surface area contributed by atoms with E-state index in [4.69, 9.17) is 28.0 Å². The van der Waals surface area contributed by atoms with Gasteiger partial charge in [0.25, 0.3) is 5.91 Å². The van der Waals surface area contributed by atoms with E-state index in [1.807, 2.05) is 30.3 Å². The van der Waals surface area contributed by atoms with Crippen molar-refractivity contribution in [3.63, 3.8) is 0 Å². The molecule has 144 valence electrons. The number of hydrogen-bond donors (Lipinski definition) is 2. The standard InChI is InChI=1S/C19H17Cl2N5O2/c1-2-9-28-26-12-18(23-25-26)19(27)24-22-11-13-3-5-14(6-4-13)16-10-15(20)7-8-17(16)21/h2-8,10,12,22H,1,9,11H2,(H,24,27). The summed E-state index contributed by atoms with van der Waals surface area (Å²) in [5.74, 6) is -0.421. The Bertz CT molecular complexity index is 973. The third-order valence-electron chi connectivity index (χ3n) is 3.72. The summed E-state index contributed by atoms with van der Waals surface area (Å²) >= 11 is 12.3. The molecule has 0 aliphatic carbocycles. The molecule has 0 unspecified atom stereocenters. The summed E-state index contributed by atoms with van der Waals surface area (Å²) in [6.07, 6.45) is 2.94. The normalized spacial score (nSPS) is 10.5. The molecule has 2 N–H and O–H groups in total. The van der Waals surface area contributed by atoms with E-state index in [0.717, 1.165) is 21.5 Å². The van der Waals surface area contributed by atoms with Crippen LogP contribution in [0.4, 0.5) is 0 Å². The molecule has 1 aromatic heterocycles. The Labute approximate surface area is 171 Å². The highest BCUT2D eigenvalue weighted by molar-refractivity contribution is 6.35. The zero-order valence-corrected chi connectivity index (χ0v) is 16.2. The van der Waals surface area contributed by atoms with Gasteiger partial charge in [-0.25, -0.2) is 5.43 Å². The molecule has 7 nitrogen and oxygen atoms in total. The first-order valence-corrected chi connectivity index (χ1v) is 9.06. The van der Waals surface area contributed by atoms with E-state index in [-0.39, 0.29) is 12.3 Å². The lowest BCUT2D eigenvalue weighted by Crippen LogP contribution is -2.37. The van der Waals surface area contributed by atoms with Crippen molar-refractivity contribution in [1.82, 2.24) is 26.0 Å². The van der Waals surface area contributed by atoms with Crippen molar-refractivity contribution in [1.29, 1.82) is 0 Å². The van der Waals surface area contributed by atoms with Gasteiger partial charge in [0.2, 0.25) is 0 Å². The highest BCUT2D eigenvalue weighted by Gasteiger charge is 2.11. The topological polar surface area (TPSA) is 81.1 Å². The summed E-state index contributed by atoms with van der Waals surface area (Å²) in [6.45, 7) is 4.22. The van der Waals surface area contributed by atoms with Crippen molar-refractivity contribution >= 4 is 29.1 Å². The lowest BCUT2D eigenvalue weighted by atomic mass is 10.0. The molecule has 0 atom stereocenters. The van der Waals surface area contributed by atoms with Crippen LogP contribution in [0.2, 0.25) is 10.0 Å². The fourth-order valence-corrected chi connectivity index (χ4v) is 2.75. The summed E-state index contributed by atoms with van der Waals surface area (Å²) < 4.78 is 0. The van der Waals surface area contributed by atoms with Crippen LogP contribution in [0.3, 0.4) is 0 Å². The summed E-state index contributed by atoms with van der Waals surface area (Å²) in [7, 11) is 0. The minimum Gasteiger partial charge on any atom is -0.391 e. The minimum atomic E-state index is -0.421. The maximum atomic E-state index is 12.0. The Morgan fingerprint density at radius 3 is 2.75 bits per heavy atom. The Morgan fingerprint density at radius 1 is 1.21 bits per heavy atom. The summed E-state index contributed by atoms with van der Waals surface area (Å²) in [5.41, 5.74) is 8.33. The number of benzene rings is 2. The van der Waals surface area contributed by atoms with E-state index in [1.165, 1.54) is 6.20 Å². The molecule has 0 radical (unpaired) electrons. The van der Waals surface area contributed by atoms with Gasteiger partial charge in [0.05, 0.1) is 0 Å². The number of hydrogen-bond acceptors (Lipinski definition) is 5. The van der Waals surface area contributed by atoms with Crippen LogP contribution in [-0.4, -0.2) is 27.7 Å². The molecule has 3 aromatic rings. The molecule has 0 saturated carbocycles. The summed E-state index contributed by atoms with van der Waals surface area (Å²) in [4.78, 5) is 18.3. The molecular weight excluding hydrogens is 401 g/mol. The van der Waals surface area contributed by atoms with Crippen LogP contribution < -0.4 is 15.7 Å². The first-order chi connectivity index (χ1) is 13.6. The van der Waals surface area contributed by atoms with Crippen molar-refractivity contribution in [2.24, 2.45) is 0 Å². The van der Waals surface area contributed by atoms with E-state index >= 15 is 0 Å². The van der Waals surface area contributed by atoms with Crippen LogP contribution in [0.15, 0.2) is 61.3 Å². The Hall–Kier alpha value is -2.87. The van der Waals surface area contributed by atoms with E-state index in [9.17, 15) is 4.79 Å². The van der Waals surface area contributed by atoms with Gasteiger partial charge in [-0.3, -0.25) is 10.2 Å². The molecule has 28 heavy (non-hydrogen) atoms. The number of carbonyl (C=O) groups excluding carboxylic acids is 1. The predicted octanol–water partition coefficient (Wildman–Crippen LogP) is 3.30. The first kappa shape index (κ1) is 19.9. The highest BCUT2D eigenvalue weighted by atomic mass is 35.5. The number of nitrogens with zero attached hydrogens (tertiary/aromatic N) is 3. The Morgan fingerprint density at radius 2 is 2.00 bits per heavy atom. The van der Waals surface area contributed by atoms with Gasteiger partial charge < -0.3 is 4.84 Å². The number of carbonyl (C=O) groups is 1. The second-order valence-electron chi connectivity index (χ2n) is 5.72. The van der Waals surface area contributed by atoms with E-state index in [1.54, 1.807) is 18.2 Å². The van der Waals surface area contributed by atoms with Gasteiger partial charge in [0, 0.05) is 22.2 Å². The summed E-state index contributed by atoms with van der Waals surface area (Å²) in [5, 5.41) is 8.67. The third-order valence-corrected chi connectivity index (χ3v) is 4.28. The molecule has 0 bridgehead atoms. The van der Waals surface area contributed by atoms with Crippen LogP contribution in [0, 0.1) is 0 Å². The molecule has 9 heteroatoms. The monoisotopic (exact) mass is 417 g/mol. The average molecular weight is 418 g/mol. The van der Waals surface area contributed by atoms with Crippen LogP contribution in [0.25, 0.3) is 11.1 Å². The fraction of sp³-hybridized carbons (Fsp3) is 0.105. The third kappa shape index (κ3) is 5.10. The van der Waals surface area contributed by atoms with Crippen molar-refractivity contribution in [3.05, 3.63) is 82.6 Å². The van der Waals surface area contributed by atoms with Gasteiger partial charge in [-0.1, -0.05) is 65.0 Å². The lowest BCUT2D eigenvalue weighted by Gasteiger charge is -2.08. The first-order valence-electron chi connectivity index (χ1n) is 8.31. The Kier molecular flexibility index (Phi) is 6.65. The van der Waals surface area contributed by atoms with Crippen LogP contribution in [0.5, 0.6) is 0 Å². The molecular formula is C19H17Cl2N5O2. The molecule has 0 fully saturated rings. The van der Waals surface area contributed by atoms with Crippen LogP contribution >= 0.6 is 23.2 Å². The molecule has 0 spiro atoms.